The lowest BCUT2D eigenvalue weighted by Crippen LogP contribution is -2.53. The maximum Gasteiger partial charge on any atom is 0.246 e. The number of hydrogen-bond acceptors (Lipinski definition) is 7. The van der Waals surface area contributed by atoms with Crippen LogP contribution in [0.4, 0.5) is 0 Å². The second-order valence-corrected chi connectivity index (χ2v) is 9.32. The maximum absolute atomic E-state index is 13.2. The first-order chi connectivity index (χ1) is 17.7. The van der Waals surface area contributed by atoms with Crippen molar-refractivity contribution in [1.82, 2.24) is 15.5 Å². The SMILES string of the molecule is CC(C)O[C@@H]1C=CC(NC(=O)[C@H](CCc2ccccc2)NC(=O)C(N)CC(=O)N(CCN)CCN)=CC1. The normalized spacial score (nSPS) is 16.6. The third-order valence-corrected chi connectivity index (χ3v) is 5.85. The Morgan fingerprint density at radius 2 is 1.76 bits per heavy atom. The number of aryl methyl sites for hydroxylation is 1. The fraction of sp³-hybridized carbons (Fsp3) is 0.519. The Kier molecular flexibility index (Phi) is 13.0. The molecule has 1 unspecified atom stereocenters. The van der Waals surface area contributed by atoms with Crippen LogP contribution in [0.5, 0.6) is 0 Å². The van der Waals surface area contributed by atoms with Crippen LogP contribution in [0.15, 0.2) is 54.3 Å². The van der Waals surface area contributed by atoms with Crippen LogP contribution < -0.4 is 27.8 Å². The molecule has 204 valence electrons. The van der Waals surface area contributed by atoms with E-state index in [2.05, 4.69) is 10.6 Å². The van der Waals surface area contributed by atoms with E-state index in [1.165, 1.54) is 4.90 Å². The summed E-state index contributed by atoms with van der Waals surface area (Å²) in [5.41, 5.74) is 18.9. The molecule has 0 saturated carbocycles. The molecule has 0 radical (unpaired) electrons. The summed E-state index contributed by atoms with van der Waals surface area (Å²) in [7, 11) is 0. The molecule has 0 heterocycles. The molecule has 2 rings (SSSR count). The van der Waals surface area contributed by atoms with E-state index >= 15 is 0 Å². The number of carbonyl (C=O) groups excluding carboxylic acids is 3. The van der Waals surface area contributed by atoms with E-state index in [9.17, 15) is 14.4 Å². The number of ether oxygens (including phenoxy) is 1. The van der Waals surface area contributed by atoms with Crippen molar-refractivity contribution in [3.05, 3.63) is 59.8 Å². The van der Waals surface area contributed by atoms with Gasteiger partial charge in [0.1, 0.15) is 6.04 Å². The van der Waals surface area contributed by atoms with Gasteiger partial charge >= 0.3 is 0 Å². The molecule has 37 heavy (non-hydrogen) atoms. The van der Waals surface area contributed by atoms with Gasteiger partial charge < -0.3 is 37.5 Å². The summed E-state index contributed by atoms with van der Waals surface area (Å²) in [6, 6.07) is 7.75. The van der Waals surface area contributed by atoms with Gasteiger partial charge in [-0.1, -0.05) is 42.5 Å². The number of hydrogen-bond donors (Lipinski definition) is 5. The van der Waals surface area contributed by atoms with Gasteiger partial charge in [-0.2, -0.15) is 0 Å². The molecule has 0 aliphatic heterocycles. The molecule has 0 aromatic heterocycles. The number of rotatable bonds is 15. The molecular formula is C27H42N6O4. The second-order valence-electron chi connectivity index (χ2n) is 9.32. The van der Waals surface area contributed by atoms with Crippen LogP contribution in [0.3, 0.4) is 0 Å². The molecule has 1 aliphatic carbocycles. The zero-order chi connectivity index (χ0) is 27.2. The van der Waals surface area contributed by atoms with E-state index in [1.807, 2.05) is 56.3 Å². The Morgan fingerprint density at radius 1 is 1.08 bits per heavy atom. The Balaban J connectivity index is 2.03. The van der Waals surface area contributed by atoms with Crippen LogP contribution in [0, 0.1) is 0 Å². The largest absolute Gasteiger partial charge is 0.371 e. The second kappa shape index (κ2) is 15.9. The molecule has 1 aliphatic rings. The predicted octanol–water partition coefficient (Wildman–Crippen LogP) is 0.321. The van der Waals surface area contributed by atoms with E-state index in [0.717, 1.165) is 5.56 Å². The molecule has 3 atom stereocenters. The smallest absolute Gasteiger partial charge is 0.246 e. The number of amides is 3. The first kappa shape index (κ1) is 30.2. The zero-order valence-electron chi connectivity index (χ0n) is 21.9. The maximum atomic E-state index is 13.2. The van der Waals surface area contributed by atoms with Gasteiger partial charge in [-0.15, -0.1) is 0 Å². The topological polar surface area (TPSA) is 166 Å². The fourth-order valence-corrected chi connectivity index (χ4v) is 3.96. The van der Waals surface area contributed by atoms with Crippen molar-refractivity contribution in [3.8, 4) is 0 Å². The third-order valence-electron chi connectivity index (χ3n) is 5.85. The van der Waals surface area contributed by atoms with Gasteiger partial charge in [0.2, 0.25) is 17.7 Å². The minimum absolute atomic E-state index is 0.0390. The summed E-state index contributed by atoms with van der Waals surface area (Å²) < 4.78 is 5.78. The molecule has 1 aromatic carbocycles. The average Bonchev–Trinajstić information content (AvgIpc) is 2.87. The van der Waals surface area contributed by atoms with Crippen molar-refractivity contribution in [3.63, 3.8) is 0 Å². The third kappa shape index (κ3) is 10.8. The molecule has 0 fully saturated rings. The van der Waals surface area contributed by atoms with Crippen LogP contribution in [-0.4, -0.2) is 73.1 Å². The lowest BCUT2D eigenvalue weighted by atomic mass is 10.0. The van der Waals surface area contributed by atoms with Gasteiger partial charge in [0, 0.05) is 31.9 Å². The molecule has 0 spiro atoms. The first-order valence-electron chi connectivity index (χ1n) is 12.9. The number of benzene rings is 1. The Labute approximate surface area is 219 Å². The number of nitrogens with zero attached hydrogens (tertiary/aromatic N) is 1. The summed E-state index contributed by atoms with van der Waals surface area (Å²) in [4.78, 5) is 40.1. The van der Waals surface area contributed by atoms with Gasteiger partial charge in [-0.3, -0.25) is 14.4 Å². The van der Waals surface area contributed by atoms with Gasteiger partial charge in [0.15, 0.2) is 0 Å². The summed E-state index contributed by atoms with van der Waals surface area (Å²) in [6.07, 6.45) is 7.05. The van der Waals surface area contributed by atoms with E-state index in [0.29, 0.717) is 38.0 Å². The predicted molar refractivity (Wildman–Crippen MR) is 144 cm³/mol. The summed E-state index contributed by atoms with van der Waals surface area (Å²) in [5, 5.41) is 5.63. The van der Waals surface area contributed by atoms with Gasteiger partial charge in [0.05, 0.1) is 24.7 Å². The molecule has 8 N–H and O–H groups in total. The minimum Gasteiger partial charge on any atom is -0.371 e. The highest BCUT2D eigenvalue weighted by molar-refractivity contribution is 5.93. The Hall–Kier alpha value is -3.05. The molecule has 3 amide bonds. The van der Waals surface area contributed by atoms with Crippen molar-refractivity contribution in [1.29, 1.82) is 0 Å². The van der Waals surface area contributed by atoms with E-state index in [-0.39, 0.29) is 43.5 Å². The highest BCUT2D eigenvalue weighted by atomic mass is 16.5. The molecule has 0 bridgehead atoms. The molecule has 10 heteroatoms. The fourth-order valence-electron chi connectivity index (χ4n) is 3.96. The van der Waals surface area contributed by atoms with Crippen LogP contribution >= 0.6 is 0 Å². The van der Waals surface area contributed by atoms with Crippen LogP contribution in [0.1, 0.15) is 38.7 Å². The average molecular weight is 515 g/mol. The number of carbonyl (C=O) groups is 3. The van der Waals surface area contributed by atoms with Gasteiger partial charge in [-0.05, 0) is 44.7 Å². The molecule has 0 saturated heterocycles. The highest BCUT2D eigenvalue weighted by Gasteiger charge is 2.27. The van der Waals surface area contributed by atoms with Gasteiger partial charge in [0.25, 0.3) is 0 Å². The van der Waals surface area contributed by atoms with Gasteiger partial charge in [-0.25, -0.2) is 0 Å². The van der Waals surface area contributed by atoms with Crippen molar-refractivity contribution < 1.29 is 19.1 Å². The summed E-state index contributed by atoms with van der Waals surface area (Å²) >= 11 is 0. The number of nitrogens with two attached hydrogens (primary N) is 3. The van der Waals surface area contributed by atoms with Crippen LogP contribution in [0.2, 0.25) is 0 Å². The highest BCUT2D eigenvalue weighted by Crippen LogP contribution is 2.14. The van der Waals surface area contributed by atoms with E-state index < -0.39 is 18.0 Å². The standard InChI is InChI=1S/C27H42N6O4/c1-19(2)37-22-11-9-21(10-12-22)31-27(36)24(13-8-20-6-4-3-5-7-20)32-26(35)23(30)18-25(34)33(16-14-28)17-15-29/h3-7,9-11,19,22-24H,8,12-18,28-30H2,1-2H3,(H,31,36)(H,32,35)/t22-,23?,24+/m1/s1. The Morgan fingerprint density at radius 3 is 2.32 bits per heavy atom. The van der Waals surface area contributed by atoms with Crippen molar-refractivity contribution >= 4 is 17.7 Å². The van der Waals surface area contributed by atoms with Crippen LogP contribution in [-0.2, 0) is 25.5 Å². The summed E-state index contributed by atoms with van der Waals surface area (Å²) in [6.45, 7) is 5.17. The molecule has 10 nitrogen and oxygen atoms in total. The van der Waals surface area contributed by atoms with Crippen molar-refractivity contribution in [2.75, 3.05) is 26.2 Å². The van der Waals surface area contributed by atoms with Crippen molar-refractivity contribution in [2.24, 2.45) is 17.2 Å². The van der Waals surface area contributed by atoms with Crippen LogP contribution in [0.25, 0.3) is 0 Å². The minimum atomic E-state index is -1.11. The Bertz CT molecular complexity index is 928. The number of allylic oxidation sites excluding steroid dienone is 1. The van der Waals surface area contributed by atoms with Crippen molar-refractivity contribution in [2.45, 2.75) is 63.8 Å². The lowest BCUT2D eigenvalue weighted by Gasteiger charge is -2.25. The quantitative estimate of drug-likeness (QED) is 0.225. The molecule has 1 aromatic rings. The first-order valence-corrected chi connectivity index (χ1v) is 12.9. The number of nitrogens with one attached hydrogen (secondary N) is 2. The lowest BCUT2D eigenvalue weighted by molar-refractivity contribution is -0.135. The monoisotopic (exact) mass is 514 g/mol. The van der Waals surface area contributed by atoms with E-state index in [4.69, 9.17) is 21.9 Å². The van der Waals surface area contributed by atoms with E-state index in [1.54, 1.807) is 6.08 Å². The summed E-state index contributed by atoms with van der Waals surface area (Å²) in [5.74, 6) is -1.23. The molecular weight excluding hydrogens is 472 g/mol. The zero-order valence-corrected chi connectivity index (χ0v) is 21.9.